The van der Waals surface area contributed by atoms with Crippen molar-refractivity contribution in [3.05, 3.63) is 68.7 Å². The van der Waals surface area contributed by atoms with Gasteiger partial charge in [-0.2, -0.15) is 0 Å². The van der Waals surface area contributed by atoms with Gasteiger partial charge in [-0.05, 0) is 37.6 Å². The van der Waals surface area contributed by atoms with Crippen LogP contribution in [0.5, 0.6) is 0 Å². The summed E-state index contributed by atoms with van der Waals surface area (Å²) in [7, 11) is 1.71. The summed E-state index contributed by atoms with van der Waals surface area (Å²) in [6.07, 6.45) is 1.75. The molecular formula is C25H29N5O3S. The van der Waals surface area contributed by atoms with Gasteiger partial charge >= 0.3 is 0 Å². The van der Waals surface area contributed by atoms with E-state index >= 15 is 0 Å². The molecule has 1 aromatic carbocycles. The van der Waals surface area contributed by atoms with E-state index in [1.807, 2.05) is 22.4 Å². The molecule has 0 aliphatic carbocycles. The first kappa shape index (κ1) is 22.8. The van der Waals surface area contributed by atoms with Crippen LogP contribution < -0.4 is 5.56 Å². The minimum Gasteiger partial charge on any atom is -0.383 e. The van der Waals surface area contributed by atoms with Crippen LogP contribution >= 0.6 is 11.3 Å². The van der Waals surface area contributed by atoms with E-state index in [1.54, 1.807) is 23.8 Å². The highest BCUT2D eigenvalue weighted by molar-refractivity contribution is 7.15. The molecule has 34 heavy (non-hydrogen) atoms. The average Bonchev–Trinajstić information content (AvgIpc) is 3.41. The fraction of sp³-hybridized carbons (Fsp3) is 0.400. The molecule has 1 fully saturated rings. The topological polar surface area (TPSA) is 72.1 Å². The van der Waals surface area contributed by atoms with Crippen molar-refractivity contribution >= 4 is 33.1 Å². The zero-order chi connectivity index (χ0) is 23.8. The summed E-state index contributed by atoms with van der Waals surface area (Å²) in [5.41, 5.74) is 5.01. The van der Waals surface area contributed by atoms with Crippen LogP contribution in [-0.4, -0.2) is 69.6 Å². The van der Waals surface area contributed by atoms with Gasteiger partial charge in [-0.3, -0.25) is 18.9 Å². The molecule has 0 atom stereocenters. The number of aryl methyl sites for hydroxylation is 1. The van der Waals surface area contributed by atoms with Gasteiger partial charge in [0.15, 0.2) is 4.96 Å². The average molecular weight is 480 g/mol. The third-order valence-electron chi connectivity index (χ3n) is 6.81. The third-order valence-corrected chi connectivity index (χ3v) is 7.56. The monoisotopic (exact) mass is 479 g/mol. The molecule has 0 N–H and O–H groups in total. The Morgan fingerprint density at radius 1 is 1.15 bits per heavy atom. The highest BCUT2D eigenvalue weighted by atomic mass is 32.1. The Labute approximate surface area is 202 Å². The molecular weight excluding hydrogens is 450 g/mol. The Morgan fingerprint density at radius 3 is 2.71 bits per heavy atom. The molecule has 9 heteroatoms. The summed E-state index contributed by atoms with van der Waals surface area (Å²) in [6, 6.07) is 7.63. The van der Waals surface area contributed by atoms with Crippen LogP contribution in [0, 0.1) is 13.8 Å². The Morgan fingerprint density at radius 2 is 1.94 bits per heavy atom. The maximum absolute atomic E-state index is 13.3. The molecule has 5 rings (SSSR count). The molecule has 0 unspecified atom stereocenters. The number of carbonyl (C=O) groups excluding carboxylic acids is 1. The zero-order valence-electron chi connectivity index (χ0n) is 19.8. The van der Waals surface area contributed by atoms with Crippen LogP contribution in [0.2, 0.25) is 0 Å². The number of ether oxygens (including phenoxy) is 1. The van der Waals surface area contributed by atoms with Crippen molar-refractivity contribution < 1.29 is 9.53 Å². The molecule has 0 radical (unpaired) electrons. The largest absolute Gasteiger partial charge is 0.383 e. The first-order valence-corrected chi connectivity index (χ1v) is 12.4. The number of benzene rings is 1. The molecule has 3 aromatic heterocycles. The molecule has 1 aliphatic rings. The van der Waals surface area contributed by atoms with Gasteiger partial charge < -0.3 is 14.2 Å². The second-order valence-electron chi connectivity index (χ2n) is 8.80. The molecule has 8 nitrogen and oxygen atoms in total. The summed E-state index contributed by atoms with van der Waals surface area (Å²) in [6.45, 7) is 9.12. The van der Waals surface area contributed by atoms with Gasteiger partial charge in [0.2, 0.25) is 0 Å². The van der Waals surface area contributed by atoms with Gasteiger partial charge in [0.25, 0.3) is 11.5 Å². The van der Waals surface area contributed by atoms with Crippen molar-refractivity contribution in [3.63, 3.8) is 0 Å². The van der Waals surface area contributed by atoms with Gasteiger partial charge in [-0.15, -0.1) is 11.3 Å². The van der Waals surface area contributed by atoms with Crippen LogP contribution in [0.4, 0.5) is 0 Å². The number of carbonyl (C=O) groups is 1. The molecule has 0 spiro atoms. The van der Waals surface area contributed by atoms with E-state index in [4.69, 9.17) is 4.74 Å². The number of fused-ring (bicyclic) bond motifs is 2. The van der Waals surface area contributed by atoms with Gasteiger partial charge in [-0.1, -0.05) is 0 Å². The molecule has 1 amide bonds. The van der Waals surface area contributed by atoms with E-state index in [0.717, 1.165) is 41.8 Å². The van der Waals surface area contributed by atoms with E-state index in [2.05, 4.69) is 34.4 Å². The van der Waals surface area contributed by atoms with Crippen LogP contribution in [0.3, 0.4) is 0 Å². The number of piperazine rings is 1. The minimum atomic E-state index is -0.0490. The normalized spacial score (nSPS) is 15.0. The third kappa shape index (κ3) is 4.15. The van der Waals surface area contributed by atoms with Crippen molar-refractivity contribution in [3.8, 4) is 0 Å². The Bertz CT molecular complexity index is 1410. The number of hydrogen-bond donors (Lipinski definition) is 0. The highest BCUT2D eigenvalue weighted by Crippen LogP contribution is 2.27. The molecule has 1 aliphatic heterocycles. The lowest BCUT2D eigenvalue weighted by Gasteiger charge is -2.34. The molecule has 0 saturated carbocycles. The standard InChI is InChI=1S/C25H29N5O3S/c1-17-18(2)29(10-12-33-3)22-5-4-19(14-21(17)22)24(32)28-8-6-27(7-9-28)16-20-15-23(31)30-11-13-34-25(30)26-20/h4-5,11,13-15H,6-10,12,16H2,1-3H3. The van der Waals surface area contributed by atoms with Crippen LogP contribution in [0.15, 0.2) is 40.6 Å². The van der Waals surface area contributed by atoms with Crippen molar-refractivity contribution in [1.29, 1.82) is 0 Å². The SMILES string of the molecule is COCCn1c(C)c(C)c2cc(C(=O)N3CCN(Cc4cc(=O)n5ccsc5n4)CC3)ccc21. The van der Waals surface area contributed by atoms with E-state index in [9.17, 15) is 9.59 Å². The maximum Gasteiger partial charge on any atom is 0.258 e. The van der Waals surface area contributed by atoms with Crippen molar-refractivity contribution in [1.82, 2.24) is 23.8 Å². The van der Waals surface area contributed by atoms with Crippen molar-refractivity contribution in [2.24, 2.45) is 0 Å². The first-order valence-electron chi connectivity index (χ1n) is 11.5. The Balaban J connectivity index is 1.27. The number of nitrogens with zero attached hydrogens (tertiary/aromatic N) is 5. The van der Waals surface area contributed by atoms with Gasteiger partial charge in [-0.25, -0.2) is 4.98 Å². The summed E-state index contributed by atoms with van der Waals surface area (Å²) < 4.78 is 9.09. The molecule has 0 bridgehead atoms. The summed E-state index contributed by atoms with van der Waals surface area (Å²) in [5.74, 6) is 0.0691. The molecule has 4 heterocycles. The summed E-state index contributed by atoms with van der Waals surface area (Å²) >= 11 is 1.46. The van der Waals surface area contributed by atoms with E-state index < -0.39 is 0 Å². The van der Waals surface area contributed by atoms with Crippen molar-refractivity contribution in [2.75, 3.05) is 39.9 Å². The minimum absolute atomic E-state index is 0.0490. The zero-order valence-corrected chi connectivity index (χ0v) is 20.6. The molecule has 4 aromatic rings. The second-order valence-corrected chi connectivity index (χ2v) is 9.67. The van der Waals surface area contributed by atoms with E-state index in [-0.39, 0.29) is 11.5 Å². The van der Waals surface area contributed by atoms with Gasteiger partial charge in [0, 0.05) is 86.2 Å². The molecule has 178 valence electrons. The van der Waals surface area contributed by atoms with Crippen molar-refractivity contribution in [2.45, 2.75) is 26.9 Å². The maximum atomic E-state index is 13.3. The van der Waals surface area contributed by atoms with E-state index in [0.29, 0.717) is 31.2 Å². The smallest absolute Gasteiger partial charge is 0.258 e. The van der Waals surface area contributed by atoms with Crippen LogP contribution in [0.1, 0.15) is 27.3 Å². The predicted octanol–water partition coefficient (Wildman–Crippen LogP) is 2.93. The number of methoxy groups -OCH3 is 1. The number of hydrogen-bond acceptors (Lipinski definition) is 6. The highest BCUT2D eigenvalue weighted by Gasteiger charge is 2.23. The quantitative estimate of drug-likeness (QED) is 0.425. The summed E-state index contributed by atoms with van der Waals surface area (Å²) in [4.78, 5) is 35.0. The number of amides is 1. The van der Waals surface area contributed by atoms with Gasteiger partial charge in [0.1, 0.15) is 0 Å². The predicted molar refractivity (Wildman–Crippen MR) is 134 cm³/mol. The lowest BCUT2D eigenvalue weighted by atomic mass is 10.1. The lowest BCUT2D eigenvalue weighted by molar-refractivity contribution is 0.0627. The number of thiazole rings is 1. The first-order chi connectivity index (χ1) is 16.5. The van der Waals surface area contributed by atoms with E-state index in [1.165, 1.54) is 22.6 Å². The fourth-order valence-electron chi connectivity index (χ4n) is 4.74. The van der Waals surface area contributed by atoms with Gasteiger partial charge in [0.05, 0.1) is 12.3 Å². The second kappa shape index (κ2) is 9.32. The lowest BCUT2D eigenvalue weighted by Crippen LogP contribution is -2.48. The number of aromatic nitrogens is 3. The fourth-order valence-corrected chi connectivity index (χ4v) is 5.48. The molecule has 1 saturated heterocycles. The number of rotatable bonds is 6. The van der Waals surface area contributed by atoms with Crippen LogP contribution in [-0.2, 0) is 17.8 Å². The Kier molecular flexibility index (Phi) is 6.24. The van der Waals surface area contributed by atoms with Crippen LogP contribution in [0.25, 0.3) is 15.9 Å². The summed E-state index contributed by atoms with van der Waals surface area (Å²) in [5, 5.41) is 2.99. The Hall–Kier alpha value is -3.01.